The summed E-state index contributed by atoms with van der Waals surface area (Å²) in [6.07, 6.45) is -0.223. The van der Waals surface area contributed by atoms with Crippen LogP contribution in [0, 0.1) is 0 Å². The van der Waals surface area contributed by atoms with Gasteiger partial charge in [-0.15, -0.1) is 12.4 Å². The molecule has 0 aliphatic carbocycles. The predicted molar refractivity (Wildman–Crippen MR) is 95.6 cm³/mol. The number of nitrogens with zero attached hydrogens (tertiary/aromatic N) is 2. The van der Waals surface area contributed by atoms with Crippen LogP contribution in [0.4, 0.5) is 0 Å². The Kier molecular flexibility index (Phi) is 7.99. The highest BCUT2D eigenvalue weighted by Crippen LogP contribution is 2.30. The molecule has 0 saturated heterocycles. The lowest BCUT2D eigenvalue weighted by atomic mass is 10.2. The molecule has 1 heterocycles. The molecule has 0 aromatic heterocycles. The van der Waals surface area contributed by atoms with Crippen LogP contribution >= 0.6 is 12.4 Å². The van der Waals surface area contributed by atoms with Gasteiger partial charge in [-0.3, -0.25) is 14.5 Å². The Labute approximate surface area is 153 Å². The first-order valence-electron chi connectivity index (χ1n) is 7.94. The van der Waals surface area contributed by atoms with Crippen LogP contribution in [0.2, 0.25) is 0 Å². The van der Waals surface area contributed by atoms with Crippen molar-refractivity contribution < 1.29 is 24.2 Å². The van der Waals surface area contributed by atoms with Crippen LogP contribution in [0.15, 0.2) is 24.3 Å². The van der Waals surface area contributed by atoms with E-state index in [-0.39, 0.29) is 30.8 Å². The molecule has 1 aliphatic rings. The lowest BCUT2D eigenvalue weighted by Crippen LogP contribution is -2.48. The molecular weight excluding hydrogens is 348 g/mol. The molecule has 0 saturated carbocycles. The first kappa shape index (κ1) is 21.1. The molecule has 8 heteroatoms. The summed E-state index contributed by atoms with van der Waals surface area (Å²) in [5.74, 6) is 0.442. The van der Waals surface area contributed by atoms with E-state index in [1.807, 2.05) is 24.3 Å². The molecule has 0 fully saturated rings. The average Bonchev–Trinajstić information content (AvgIpc) is 2.58. The second-order valence-electron chi connectivity index (χ2n) is 6.02. The predicted octanol–water partition coefficient (Wildman–Crippen LogP) is 1.50. The van der Waals surface area contributed by atoms with Gasteiger partial charge in [0, 0.05) is 13.6 Å². The fraction of sp³-hybridized carbons (Fsp3) is 0.529. The summed E-state index contributed by atoms with van der Waals surface area (Å²) in [7, 11) is 3.46. The summed E-state index contributed by atoms with van der Waals surface area (Å²) in [6, 6.07) is 7.04. The Bertz CT molecular complexity index is 598. The van der Waals surface area contributed by atoms with E-state index in [1.54, 1.807) is 30.8 Å². The zero-order valence-electron chi connectivity index (χ0n) is 14.7. The SMILES string of the molecule is CC(C(=O)N(C)CC1COc2ccccc2O1)N(C)CCC(=O)O.Cl. The van der Waals surface area contributed by atoms with Crippen molar-refractivity contribution in [2.75, 3.05) is 33.8 Å². The van der Waals surface area contributed by atoms with Gasteiger partial charge in [0.1, 0.15) is 6.61 Å². The number of carbonyl (C=O) groups is 2. The summed E-state index contributed by atoms with van der Waals surface area (Å²) in [6.45, 7) is 2.89. The second-order valence-corrected chi connectivity index (χ2v) is 6.02. The zero-order valence-corrected chi connectivity index (χ0v) is 15.5. The van der Waals surface area contributed by atoms with E-state index in [1.165, 1.54) is 0 Å². The number of hydrogen-bond donors (Lipinski definition) is 1. The Morgan fingerprint density at radius 2 is 1.92 bits per heavy atom. The number of carboxylic acids is 1. The Morgan fingerprint density at radius 1 is 1.28 bits per heavy atom. The van der Waals surface area contributed by atoms with Crippen LogP contribution < -0.4 is 9.47 Å². The van der Waals surface area contributed by atoms with E-state index in [0.717, 1.165) is 0 Å². The molecule has 2 rings (SSSR count). The summed E-state index contributed by atoms with van der Waals surface area (Å²) >= 11 is 0. The van der Waals surface area contributed by atoms with Gasteiger partial charge in [0.2, 0.25) is 5.91 Å². The Balaban J connectivity index is 0.00000312. The molecule has 1 N–H and O–H groups in total. The number of rotatable bonds is 7. The van der Waals surface area contributed by atoms with Crippen LogP contribution in [0.25, 0.3) is 0 Å². The Morgan fingerprint density at radius 3 is 2.56 bits per heavy atom. The number of likely N-dealkylation sites (N-methyl/N-ethyl adjacent to an activating group) is 2. The number of carbonyl (C=O) groups excluding carboxylic acids is 1. The first-order chi connectivity index (χ1) is 11.4. The molecule has 1 amide bonds. The third kappa shape index (κ3) is 5.79. The van der Waals surface area contributed by atoms with Crippen molar-refractivity contribution in [3.63, 3.8) is 0 Å². The minimum Gasteiger partial charge on any atom is -0.486 e. The van der Waals surface area contributed by atoms with Gasteiger partial charge >= 0.3 is 5.97 Å². The van der Waals surface area contributed by atoms with Crippen molar-refractivity contribution in [3.05, 3.63) is 24.3 Å². The number of aliphatic carboxylic acids is 1. The summed E-state index contributed by atoms with van der Waals surface area (Å²) < 4.78 is 11.5. The highest BCUT2D eigenvalue weighted by atomic mass is 35.5. The van der Waals surface area contributed by atoms with Crippen LogP contribution in [0.3, 0.4) is 0 Å². The normalized spacial score (nSPS) is 16.7. The molecule has 0 spiro atoms. The van der Waals surface area contributed by atoms with Gasteiger partial charge < -0.3 is 19.5 Å². The number of hydrogen-bond acceptors (Lipinski definition) is 5. The first-order valence-corrected chi connectivity index (χ1v) is 7.94. The fourth-order valence-electron chi connectivity index (χ4n) is 2.52. The third-order valence-electron chi connectivity index (χ3n) is 4.12. The maximum Gasteiger partial charge on any atom is 0.304 e. The van der Waals surface area contributed by atoms with Crippen LogP contribution in [-0.4, -0.2) is 72.7 Å². The largest absolute Gasteiger partial charge is 0.486 e. The van der Waals surface area contributed by atoms with E-state index in [2.05, 4.69) is 0 Å². The molecule has 25 heavy (non-hydrogen) atoms. The van der Waals surface area contributed by atoms with E-state index >= 15 is 0 Å². The molecule has 1 aliphatic heterocycles. The zero-order chi connectivity index (χ0) is 17.7. The minimum absolute atomic E-state index is 0. The van der Waals surface area contributed by atoms with Crippen LogP contribution in [-0.2, 0) is 9.59 Å². The highest BCUT2D eigenvalue weighted by Gasteiger charge is 2.27. The van der Waals surface area contributed by atoms with E-state index in [9.17, 15) is 9.59 Å². The number of para-hydroxylation sites is 2. The number of carboxylic acid groups (broad SMARTS) is 1. The maximum absolute atomic E-state index is 12.5. The third-order valence-corrected chi connectivity index (χ3v) is 4.12. The van der Waals surface area contributed by atoms with Gasteiger partial charge in [-0.2, -0.15) is 0 Å². The van der Waals surface area contributed by atoms with Crippen molar-refractivity contribution in [3.8, 4) is 11.5 Å². The van der Waals surface area contributed by atoms with Gasteiger partial charge in [-0.05, 0) is 26.1 Å². The van der Waals surface area contributed by atoms with Gasteiger partial charge in [-0.1, -0.05) is 12.1 Å². The highest BCUT2D eigenvalue weighted by molar-refractivity contribution is 5.85. The molecule has 1 aromatic rings. The molecule has 140 valence electrons. The topological polar surface area (TPSA) is 79.3 Å². The van der Waals surface area contributed by atoms with Crippen molar-refractivity contribution in [1.82, 2.24) is 9.80 Å². The van der Waals surface area contributed by atoms with Crippen molar-refractivity contribution >= 4 is 24.3 Å². The van der Waals surface area contributed by atoms with Crippen molar-refractivity contribution in [2.45, 2.75) is 25.5 Å². The standard InChI is InChI=1S/C17H24N2O5.ClH/c1-12(18(2)9-8-16(20)21)17(22)19(3)10-13-11-23-14-6-4-5-7-15(14)24-13;/h4-7,12-13H,8-11H2,1-3H3,(H,20,21);1H. The molecular formula is C17H25ClN2O5. The molecule has 0 bridgehead atoms. The van der Waals surface area contributed by atoms with E-state index in [4.69, 9.17) is 14.6 Å². The number of halogens is 1. The van der Waals surface area contributed by atoms with E-state index in [0.29, 0.717) is 31.2 Å². The summed E-state index contributed by atoms with van der Waals surface area (Å²) in [5, 5.41) is 8.74. The van der Waals surface area contributed by atoms with Crippen LogP contribution in [0.5, 0.6) is 11.5 Å². The maximum atomic E-state index is 12.5. The number of fused-ring (bicyclic) bond motifs is 1. The lowest BCUT2D eigenvalue weighted by Gasteiger charge is -2.32. The van der Waals surface area contributed by atoms with Crippen LogP contribution in [0.1, 0.15) is 13.3 Å². The molecule has 0 radical (unpaired) electrons. The summed E-state index contributed by atoms with van der Waals surface area (Å²) in [4.78, 5) is 26.5. The van der Waals surface area contributed by atoms with Gasteiger partial charge in [0.05, 0.1) is 19.0 Å². The average molecular weight is 373 g/mol. The second kappa shape index (κ2) is 9.48. The fourth-order valence-corrected chi connectivity index (χ4v) is 2.52. The molecule has 2 atom stereocenters. The monoisotopic (exact) mass is 372 g/mol. The summed E-state index contributed by atoms with van der Waals surface area (Å²) in [5.41, 5.74) is 0. The molecule has 2 unspecified atom stereocenters. The Hall–Kier alpha value is -1.99. The van der Waals surface area contributed by atoms with E-state index < -0.39 is 12.0 Å². The quantitative estimate of drug-likeness (QED) is 0.781. The van der Waals surface area contributed by atoms with Gasteiger partial charge in [0.25, 0.3) is 0 Å². The van der Waals surface area contributed by atoms with Crippen molar-refractivity contribution in [1.29, 1.82) is 0 Å². The minimum atomic E-state index is -0.874. The number of amides is 1. The molecule has 7 nitrogen and oxygen atoms in total. The van der Waals surface area contributed by atoms with Gasteiger partial charge in [0.15, 0.2) is 17.6 Å². The lowest BCUT2D eigenvalue weighted by molar-refractivity contribution is -0.140. The smallest absolute Gasteiger partial charge is 0.304 e. The number of benzene rings is 1. The van der Waals surface area contributed by atoms with Crippen molar-refractivity contribution in [2.24, 2.45) is 0 Å². The molecule has 1 aromatic carbocycles. The van der Waals surface area contributed by atoms with Gasteiger partial charge in [-0.25, -0.2) is 0 Å². The number of ether oxygens (including phenoxy) is 2.